The zero-order valence-corrected chi connectivity index (χ0v) is 14.8. The molecule has 1 N–H and O–H groups in total. The molecule has 4 nitrogen and oxygen atoms in total. The number of benzene rings is 1. The van der Waals surface area contributed by atoms with Gasteiger partial charge in [0.25, 0.3) is 0 Å². The Morgan fingerprint density at radius 1 is 1.26 bits per heavy atom. The van der Waals surface area contributed by atoms with E-state index in [9.17, 15) is 4.79 Å². The van der Waals surface area contributed by atoms with Crippen LogP contribution < -0.4 is 5.32 Å². The lowest BCUT2D eigenvalue weighted by Gasteiger charge is -2.31. The highest BCUT2D eigenvalue weighted by molar-refractivity contribution is 5.88. The Balaban J connectivity index is 0.00000192. The normalized spacial score (nSPS) is 15.7. The van der Waals surface area contributed by atoms with E-state index >= 15 is 0 Å². The topological polar surface area (TPSA) is 45.5 Å². The lowest BCUT2D eigenvalue weighted by atomic mass is 10.0. The highest BCUT2D eigenvalue weighted by atomic mass is 35.5. The molecule has 0 aliphatic carbocycles. The maximum atomic E-state index is 12.5. The minimum absolute atomic E-state index is 0. The van der Waals surface area contributed by atoms with Gasteiger partial charge in [-0.05, 0) is 57.0 Å². The Labute approximate surface area is 143 Å². The molecule has 1 amide bonds. The number of carbonyl (C=O) groups excluding carboxylic acids is 1. The molecule has 23 heavy (non-hydrogen) atoms. The number of aryl methyl sites for hydroxylation is 2. The number of hydrogen-bond acceptors (Lipinski definition) is 3. The summed E-state index contributed by atoms with van der Waals surface area (Å²) in [6, 6.07) is 4.73. The second-order valence-electron chi connectivity index (χ2n) is 6.31. The first-order valence-corrected chi connectivity index (χ1v) is 8.01. The van der Waals surface area contributed by atoms with Crippen molar-refractivity contribution in [1.82, 2.24) is 10.2 Å². The first kappa shape index (κ1) is 17.8. The van der Waals surface area contributed by atoms with E-state index < -0.39 is 0 Å². The van der Waals surface area contributed by atoms with Gasteiger partial charge in [0.2, 0.25) is 5.91 Å². The number of carbonyl (C=O) groups is 1. The molecule has 0 spiro atoms. The summed E-state index contributed by atoms with van der Waals surface area (Å²) in [5, 5.41) is 4.36. The van der Waals surface area contributed by atoms with Crippen LogP contribution in [0.15, 0.2) is 22.8 Å². The van der Waals surface area contributed by atoms with Crippen LogP contribution in [0.5, 0.6) is 0 Å². The maximum absolute atomic E-state index is 12.5. The second-order valence-corrected chi connectivity index (χ2v) is 6.31. The molecule has 0 saturated carbocycles. The summed E-state index contributed by atoms with van der Waals surface area (Å²) in [5.41, 5.74) is 4.32. The highest BCUT2D eigenvalue weighted by Crippen LogP contribution is 2.25. The summed E-state index contributed by atoms with van der Waals surface area (Å²) < 4.78 is 5.63. The lowest BCUT2D eigenvalue weighted by Crippen LogP contribution is -2.44. The van der Waals surface area contributed by atoms with Gasteiger partial charge in [-0.3, -0.25) is 4.79 Å². The third-order valence-electron chi connectivity index (χ3n) is 4.87. The number of rotatable bonds is 3. The average molecular weight is 337 g/mol. The van der Waals surface area contributed by atoms with Crippen molar-refractivity contribution in [2.24, 2.45) is 0 Å². The van der Waals surface area contributed by atoms with Crippen molar-refractivity contribution in [2.75, 3.05) is 20.1 Å². The number of nitrogens with zero attached hydrogens (tertiary/aromatic N) is 1. The van der Waals surface area contributed by atoms with E-state index in [0.29, 0.717) is 12.5 Å². The quantitative estimate of drug-likeness (QED) is 0.936. The van der Waals surface area contributed by atoms with Gasteiger partial charge in [-0.25, -0.2) is 0 Å². The molecule has 2 heterocycles. The largest absolute Gasteiger partial charge is 0.464 e. The van der Waals surface area contributed by atoms with E-state index in [-0.39, 0.29) is 18.3 Å². The van der Waals surface area contributed by atoms with Crippen LogP contribution in [0.1, 0.15) is 29.5 Å². The van der Waals surface area contributed by atoms with Gasteiger partial charge in [0.05, 0.1) is 12.7 Å². The van der Waals surface area contributed by atoms with E-state index in [1.807, 2.05) is 11.9 Å². The van der Waals surface area contributed by atoms with Crippen molar-refractivity contribution in [3.8, 4) is 0 Å². The fourth-order valence-electron chi connectivity index (χ4n) is 3.17. The number of nitrogens with one attached hydrogen (secondary N) is 1. The monoisotopic (exact) mass is 336 g/mol. The van der Waals surface area contributed by atoms with Crippen LogP contribution in [0.25, 0.3) is 11.0 Å². The first-order valence-electron chi connectivity index (χ1n) is 8.01. The Kier molecular flexibility index (Phi) is 5.71. The number of piperidine rings is 1. The number of furan rings is 1. The molecule has 1 saturated heterocycles. The predicted molar refractivity (Wildman–Crippen MR) is 95.3 cm³/mol. The Morgan fingerprint density at radius 2 is 1.91 bits per heavy atom. The average Bonchev–Trinajstić information content (AvgIpc) is 2.90. The van der Waals surface area contributed by atoms with Crippen molar-refractivity contribution >= 4 is 29.3 Å². The molecule has 1 aliphatic rings. The van der Waals surface area contributed by atoms with E-state index in [1.54, 1.807) is 6.26 Å². The Hall–Kier alpha value is -1.52. The molecule has 1 aliphatic heterocycles. The molecule has 5 heteroatoms. The number of amides is 1. The van der Waals surface area contributed by atoms with E-state index in [4.69, 9.17) is 4.42 Å². The Bertz CT molecular complexity index is 688. The molecule has 3 rings (SSSR count). The van der Waals surface area contributed by atoms with Crippen molar-refractivity contribution in [3.05, 3.63) is 35.1 Å². The van der Waals surface area contributed by atoms with Crippen LogP contribution in [0.2, 0.25) is 0 Å². The Morgan fingerprint density at radius 3 is 2.57 bits per heavy atom. The van der Waals surface area contributed by atoms with Gasteiger partial charge >= 0.3 is 0 Å². The third-order valence-corrected chi connectivity index (χ3v) is 4.87. The van der Waals surface area contributed by atoms with Crippen LogP contribution in [0, 0.1) is 13.8 Å². The molecular formula is C18H25ClN2O2. The lowest BCUT2D eigenvalue weighted by molar-refractivity contribution is -0.131. The standard InChI is InChI=1S/C18H24N2O2.ClH/c1-12-8-16-14(11-22-17(16)9-13(12)2)10-18(21)20-6-4-15(19-3)5-7-20;/h8-9,11,15,19H,4-7,10H2,1-3H3;1H. The van der Waals surface area contributed by atoms with Gasteiger partial charge in [-0.15, -0.1) is 12.4 Å². The second kappa shape index (κ2) is 7.37. The summed E-state index contributed by atoms with van der Waals surface area (Å²) in [6.07, 6.45) is 4.24. The predicted octanol–water partition coefficient (Wildman–Crippen LogP) is 3.22. The van der Waals surface area contributed by atoms with Gasteiger partial charge < -0.3 is 14.6 Å². The zero-order chi connectivity index (χ0) is 15.7. The summed E-state index contributed by atoms with van der Waals surface area (Å²) in [6.45, 7) is 5.86. The van der Waals surface area contributed by atoms with Crippen molar-refractivity contribution in [3.63, 3.8) is 0 Å². The summed E-state index contributed by atoms with van der Waals surface area (Å²) in [7, 11) is 1.99. The maximum Gasteiger partial charge on any atom is 0.227 e. The van der Waals surface area contributed by atoms with Crippen molar-refractivity contribution < 1.29 is 9.21 Å². The van der Waals surface area contributed by atoms with E-state index in [1.165, 1.54) is 11.1 Å². The molecule has 1 fully saturated rings. The van der Waals surface area contributed by atoms with E-state index in [2.05, 4.69) is 31.3 Å². The van der Waals surface area contributed by atoms with Crippen LogP contribution in [-0.2, 0) is 11.2 Å². The third kappa shape index (κ3) is 3.70. The van der Waals surface area contributed by atoms with Crippen LogP contribution >= 0.6 is 12.4 Å². The number of likely N-dealkylation sites (tertiary alicyclic amines) is 1. The highest BCUT2D eigenvalue weighted by Gasteiger charge is 2.22. The van der Waals surface area contributed by atoms with Gasteiger partial charge in [0.1, 0.15) is 5.58 Å². The summed E-state index contributed by atoms with van der Waals surface area (Å²) >= 11 is 0. The molecule has 0 unspecified atom stereocenters. The molecule has 1 aromatic carbocycles. The van der Waals surface area contributed by atoms with Crippen LogP contribution in [0.4, 0.5) is 0 Å². The molecule has 0 bridgehead atoms. The number of halogens is 1. The fourth-order valence-corrected chi connectivity index (χ4v) is 3.17. The number of fused-ring (bicyclic) bond motifs is 1. The molecular weight excluding hydrogens is 312 g/mol. The molecule has 1 aromatic heterocycles. The minimum atomic E-state index is 0. The summed E-state index contributed by atoms with van der Waals surface area (Å²) in [5.74, 6) is 0.204. The fraction of sp³-hybridized carbons (Fsp3) is 0.500. The first-order chi connectivity index (χ1) is 10.6. The molecule has 126 valence electrons. The molecule has 0 radical (unpaired) electrons. The number of hydrogen-bond donors (Lipinski definition) is 1. The zero-order valence-electron chi connectivity index (χ0n) is 14.0. The van der Waals surface area contributed by atoms with Crippen molar-refractivity contribution in [1.29, 1.82) is 0 Å². The SMILES string of the molecule is CNC1CCN(C(=O)Cc2coc3cc(C)c(C)cc23)CC1.Cl. The van der Waals surface area contributed by atoms with Gasteiger partial charge in [-0.1, -0.05) is 0 Å². The van der Waals surface area contributed by atoms with Gasteiger partial charge in [0.15, 0.2) is 0 Å². The van der Waals surface area contributed by atoms with Crippen molar-refractivity contribution in [2.45, 2.75) is 39.2 Å². The van der Waals surface area contributed by atoms with Gasteiger partial charge in [0, 0.05) is 30.1 Å². The van der Waals surface area contributed by atoms with Crippen LogP contribution in [-0.4, -0.2) is 37.0 Å². The minimum Gasteiger partial charge on any atom is -0.464 e. The van der Waals surface area contributed by atoms with E-state index in [0.717, 1.165) is 42.5 Å². The molecule has 0 atom stereocenters. The van der Waals surface area contributed by atoms with Crippen LogP contribution in [0.3, 0.4) is 0 Å². The smallest absolute Gasteiger partial charge is 0.227 e. The van der Waals surface area contributed by atoms with Gasteiger partial charge in [-0.2, -0.15) is 0 Å². The molecule has 2 aromatic rings. The summed E-state index contributed by atoms with van der Waals surface area (Å²) in [4.78, 5) is 14.5.